The van der Waals surface area contributed by atoms with Crippen molar-refractivity contribution in [2.24, 2.45) is 0 Å². The van der Waals surface area contributed by atoms with Crippen LogP contribution in [-0.2, 0) is 4.79 Å². The zero-order chi connectivity index (χ0) is 16.1. The summed E-state index contributed by atoms with van der Waals surface area (Å²) in [5.74, 6) is 2.96. The van der Waals surface area contributed by atoms with E-state index in [1.807, 2.05) is 59.9 Å². The Labute approximate surface area is 152 Å². The molecule has 2 aromatic rings. The third-order valence-electron chi connectivity index (χ3n) is 3.29. The van der Waals surface area contributed by atoms with Gasteiger partial charge in [0.05, 0.1) is 10.3 Å². The molecule has 1 N–H and O–H groups in total. The molecule has 6 heteroatoms. The number of amides is 1. The van der Waals surface area contributed by atoms with Crippen molar-refractivity contribution in [1.29, 1.82) is 0 Å². The number of carbonyl (C=O) groups is 1. The molecule has 1 heterocycles. The summed E-state index contributed by atoms with van der Waals surface area (Å²) in [7, 11) is 0. The van der Waals surface area contributed by atoms with Gasteiger partial charge >= 0.3 is 0 Å². The molecule has 1 saturated heterocycles. The maximum Gasteiger partial charge on any atom is 0.262 e. The maximum atomic E-state index is 12.0. The first-order valence-electron chi connectivity index (χ1n) is 7.23. The zero-order valence-electron chi connectivity index (χ0n) is 12.3. The van der Waals surface area contributed by atoms with Crippen LogP contribution in [0.4, 0.5) is 5.69 Å². The van der Waals surface area contributed by atoms with E-state index in [2.05, 4.69) is 33.4 Å². The van der Waals surface area contributed by atoms with Crippen LogP contribution in [0.2, 0.25) is 0 Å². The number of carbonyl (C=O) groups excluding carboxylic acids is 1. The molecule has 0 atom stereocenters. The Kier molecular flexibility index (Phi) is 5.91. The summed E-state index contributed by atoms with van der Waals surface area (Å²) < 4.78 is 6.94. The zero-order valence-corrected chi connectivity index (χ0v) is 15.5. The first kappa shape index (κ1) is 16.7. The van der Waals surface area contributed by atoms with Crippen molar-refractivity contribution in [2.75, 3.05) is 23.4 Å². The Morgan fingerprint density at radius 3 is 2.52 bits per heavy atom. The summed E-state index contributed by atoms with van der Waals surface area (Å²) >= 11 is 7.35. The minimum atomic E-state index is -0.178. The van der Waals surface area contributed by atoms with Crippen molar-refractivity contribution in [3.05, 3.63) is 58.6 Å². The third kappa shape index (κ3) is 4.68. The molecule has 0 saturated carbocycles. The highest BCUT2D eigenvalue weighted by Crippen LogP contribution is 2.45. The van der Waals surface area contributed by atoms with E-state index in [1.165, 1.54) is 17.1 Å². The van der Waals surface area contributed by atoms with Crippen LogP contribution in [0.25, 0.3) is 0 Å². The summed E-state index contributed by atoms with van der Waals surface area (Å²) in [5.41, 5.74) is 2.05. The molecule has 3 rings (SSSR count). The molecule has 3 nitrogen and oxygen atoms in total. The van der Waals surface area contributed by atoms with Crippen molar-refractivity contribution < 1.29 is 9.53 Å². The Bertz CT molecular complexity index is 673. The molecule has 1 aliphatic heterocycles. The molecule has 1 amide bonds. The molecular formula is C17H16BrNO2S2. The van der Waals surface area contributed by atoms with Gasteiger partial charge < -0.3 is 10.1 Å². The quantitative estimate of drug-likeness (QED) is 0.758. The summed E-state index contributed by atoms with van der Waals surface area (Å²) in [6.07, 6.45) is 0. The number of nitrogens with one attached hydrogen (secondary N) is 1. The van der Waals surface area contributed by atoms with Crippen LogP contribution < -0.4 is 10.1 Å². The largest absolute Gasteiger partial charge is 0.484 e. The van der Waals surface area contributed by atoms with Gasteiger partial charge in [0.25, 0.3) is 5.91 Å². The maximum absolute atomic E-state index is 12.0. The van der Waals surface area contributed by atoms with Crippen LogP contribution in [-0.4, -0.2) is 24.0 Å². The highest BCUT2D eigenvalue weighted by Gasteiger charge is 2.18. The van der Waals surface area contributed by atoms with E-state index in [-0.39, 0.29) is 12.5 Å². The second-order valence-electron chi connectivity index (χ2n) is 4.96. The lowest BCUT2D eigenvalue weighted by atomic mass is 10.2. The predicted octanol–water partition coefficient (Wildman–Crippen LogP) is 4.95. The fourth-order valence-corrected chi connectivity index (χ4v) is 5.41. The lowest BCUT2D eigenvalue weighted by Gasteiger charge is -2.11. The van der Waals surface area contributed by atoms with Crippen LogP contribution in [0.3, 0.4) is 0 Å². The summed E-state index contributed by atoms with van der Waals surface area (Å²) in [6.45, 7) is -0.00634. The van der Waals surface area contributed by atoms with Crippen molar-refractivity contribution in [1.82, 2.24) is 0 Å². The van der Waals surface area contributed by atoms with Gasteiger partial charge in [0.15, 0.2) is 6.61 Å². The first-order chi connectivity index (χ1) is 11.2. The van der Waals surface area contributed by atoms with E-state index < -0.39 is 0 Å². The molecule has 0 bridgehead atoms. The Morgan fingerprint density at radius 1 is 1.13 bits per heavy atom. The smallest absolute Gasteiger partial charge is 0.262 e. The third-order valence-corrected chi connectivity index (χ3v) is 7.09. The van der Waals surface area contributed by atoms with Crippen LogP contribution in [0.1, 0.15) is 10.1 Å². The lowest BCUT2D eigenvalue weighted by molar-refractivity contribution is -0.118. The molecule has 1 fully saturated rings. The minimum absolute atomic E-state index is 0.00634. The number of rotatable bonds is 5. The van der Waals surface area contributed by atoms with E-state index in [4.69, 9.17) is 4.74 Å². The molecule has 0 aromatic heterocycles. The second kappa shape index (κ2) is 8.13. The van der Waals surface area contributed by atoms with Crippen molar-refractivity contribution >= 4 is 51.0 Å². The predicted molar refractivity (Wildman–Crippen MR) is 102 cm³/mol. The Balaban J connectivity index is 1.51. The van der Waals surface area contributed by atoms with Gasteiger partial charge in [-0.1, -0.05) is 24.3 Å². The fourth-order valence-electron chi connectivity index (χ4n) is 2.17. The van der Waals surface area contributed by atoms with Crippen molar-refractivity contribution in [3.8, 4) is 5.75 Å². The summed E-state index contributed by atoms with van der Waals surface area (Å²) in [6, 6.07) is 15.5. The number of thioether (sulfide) groups is 2. The highest BCUT2D eigenvalue weighted by molar-refractivity contribution is 9.10. The number of para-hydroxylation sites is 1. The van der Waals surface area contributed by atoms with Crippen LogP contribution in [0, 0.1) is 0 Å². The second-order valence-corrected chi connectivity index (χ2v) is 8.54. The van der Waals surface area contributed by atoms with Gasteiger partial charge in [-0.15, -0.1) is 23.5 Å². The van der Waals surface area contributed by atoms with Gasteiger partial charge in [-0.05, 0) is 45.8 Å². The van der Waals surface area contributed by atoms with Gasteiger partial charge in [0.1, 0.15) is 5.75 Å². The summed E-state index contributed by atoms with van der Waals surface area (Å²) in [4.78, 5) is 12.0. The van der Waals surface area contributed by atoms with Crippen LogP contribution in [0.15, 0.2) is 53.0 Å². The molecular weight excluding hydrogens is 394 g/mol. The van der Waals surface area contributed by atoms with Gasteiger partial charge in [-0.25, -0.2) is 0 Å². The van der Waals surface area contributed by atoms with E-state index in [1.54, 1.807) is 0 Å². The standard InChI is InChI=1S/C17H16BrNO2S2/c18-14-3-1-2-4-15(14)19-16(20)11-21-13-7-5-12(6-8-13)17-22-9-10-23-17/h1-8,17H,9-11H2,(H,19,20). The number of hydrogen-bond donors (Lipinski definition) is 1. The van der Waals surface area contributed by atoms with Crippen molar-refractivity contribution in [3.63, 3.8) is 0 Å². The number of ether oxygens (including phenoxy) is 1. The normalized spacial score (nSPS) is 14.7. The molecule has 23 heavy (non-hydrogen) atoms. The number of anilines is 1. The molecule has 2 aromatic carbocycles. The first-order valence-corrected chi connectivity index (χ1v) is 10.1. The van der Waals surface area contributed by atoms with Gasteiger partial charge in [0, 0.05) is 16.0 Å². The van der Waals surface area contributed by atoms with Gasteiger partial charge in [-0.2, -0.15) is 0 Å². The van der Waals surface area contributed by atoms with E-state index in [0.717, 1.165) is 10.2 Å². The van der Waals surface area contributed by atoms with E-state index in [9.17, 15) is 4.79 Å². The lowest BCUT2D eigenvalue weighted by Crippen LogP contribution is -2.20. The molecule has 120 valence electrons. The molecule has 1 aliphatic rings. The van der Waals surface area contributed by atoms with Crippen LogP contribution >= 0.6 is 39.5 Å². The van der Waals surface area contributed by atoms with E-state index >= 15 is 0 Å². The SMILES string of the molecule is O=C(COc1ccc(C2SCCS2)cc1)Nc1ccccc1Br. The topological polar surface area (TPSA) is 38.3 Å². The molecule has 0 unspecified atom stereocenters. The number of hydrogen-bond acceptors (Lipinski definition) is 4. The molecule has 0 aliphatic carbocycles. The van der Waals surface area contributed by atoms with Gasteiger partial charge in [0.2, 0.25) is 0 Å². The minimum Gasteiger partial charge on any atom is -0.484 e. The monoisotopic (exact) mass is 409 g/mol. The number of halogens is 1. The Morgan fingerprint density at radius 2 is 1.83 bits per heavy atom. The highest BCUT2D eigenvalue weighted by atomic mass is 79.9. The van der Waals surface area contributed by atoms with Crippen LogP contribution in [0.5, 0.6) is 5.75 Å². The average Bonchev–Trinajstić information content (AvgIpc) is 3.10. The summed E-state index contributed by atoms with van der Waals surface area (Å²) in [5, 5.41) is 2.82. The fraction of sp³-hybridized carbons (Fsp3) is 0.235. The molecule has 0 spiro atoms. The van der Waals surface area contributed by atoms with Crippen molar-refractivity contribution in [2.45, 2.75) is 4.58 Å². The Hall–Kier alpha value is -1.11. The van der Waals surface area contributed by atoms with Gasteiger partial charge in [-0.3, -0.25) is 4.79 Å². The average molecular weight is 410 g/mol. The molecule has 0 radical (unpaired) electrons. The van der Waals surface area contributed by atoms with E-state index in [0.29, 0.717) is 10.3 Å². The number of benzene rings is 2.